The van der Waals surface area contributed by atoms with Gasteiger partial charge in [0.25, 0.3) is 0 Å². The van der Waals surface area contributed by atoms with E-state index in [0.29, 0.717) is 24.7 Å². The smallest absolute Gasteiger partial charge is 0.417 e. The number of benzene rings is 2. The summed E-state index contributed by atoms with van der Waals surface area (Å²) in [5.41, 5.74) is 2.34. The highest BCUT2D eigenvalue weighted by Gasteiger charge is 2.33. The highest BCUT2D eigenvalue weighted by molar-refractivity contribution is 6.31. The van der Waals surface area contributed by atoms with Crippen molar-refractivity contribution < 1.29 is 22.6 Å². The van der Waals surface area contributed by atoms with E-state index < -0.39 is 11.7 Å². The summed E-state index contributed by atoms with van der Waals surface area (Å²) < 4.78 is 49.8. The van der Waals surface area contributed by atoms with E-state index in [-0.39, 0.29) is 16.7 Å². The molecule has 1 aromatic heterocycles. The van der Waals surface area contributed by atoms with Gasteiger partial charge < -0.3 is 9.47 Å². The molecule has 0 aliphatic rings. The van der Waals surface area contributed by atoms with E-state index in [4.69, 9.17) is 26.9 Å². The molecule has 1 heterocycles. The molecule has 0 unspecified atom stereocenters. The van der Waals surface area contributed by atoms with Crippen LogP contribution in [0.5, 0.6) is 17.4 Å². The maximum Gasteiger partial charge on any atom is 0.417 e. The number of halogens is 4. The number of aromatic nitrogens is 2. The zero-order valence-electron chi connectivity index (χ0n) is 14.9. The number of anilines is 1. The molecule has 0 saturated heterocycles. The van der Waals surface area contributed by atoms with Crippen molar-refractivity contribution in [2.24, 2.45) is 5.84 Å². The largest absolute Gasteiger partial charge is 0.477 e. The van der Waals surface area contributed by atoms with Crippen LogP contribution in [0, 0.1) is 0 Å². The Morgan fingerprint density at radius 3 is 2.45 bits per heavy atom. The van der Waals surface area contributed by atoms with Crippen LogP contribution in [-0.4, -0.2) is 16.6 Å². The number of hydrogen-bond acceptors (Lipinski definition) is 6. The predicted molar refractivity (Wildman–Crippen MR) is 102 cm³/mol. The van der Waals surface area contributed by atoms with Crippen molar-refractivity contribution in [1.29, 1.82) is 0 Å². The van der Waals surface area contributed by atoms with Gasteiger partial charge in [-0.3, -0.25) is 5.43 Å². The number of rotatable bonds is 7. The van der Waals surface area contributed by atoms with Gasteiger partial charge in [-0.2, -0.15) is 18.2 Å². The van der Waals surface area contributed by atoms with E-state index in [2.05, 4.69) is 15.4 Å². The van der Waals surface area contributed by atoms with Gasteiger partial charge in [0.05, 0.1) is 17.2 Å². The summed E-state index contributed by atoms with van der Waals surface area (Å²) in [5.74, 6) is 6.32. The third-order valence-corrected chi connectivity index (χ3v) is 4.13. The molecule has 0 radical (unpaired) electrons. The second-order valence-electron chi connectivity index (χ2n) is 5.85. The first-order chi connectivity index (χ1) is 13.8. The maximum absolute atomic E-state index is 12.9. The minimum absolute atomic E-state index is 0.0471. The zero-order chi connectivity index (χ0) is 20.9. The highest BCUT2D eigenvalue weighted by atomic mass is 35.5. The first-order valence-electron chi connectivity index (χ1n) is 8.41. The molecule has 6 nitrogen and oxygen atoms in total. The summed E-state index contributed by atoms with van der Waals surface area (Å²) in [6.45, 7) is 0.368. The quantitative estimate of drug-likeness (QED) is 0.417. The molecule has 2 aromatic carbocycles. The number of nitrogens with zero attached hydrogens (tertiary/aromatic N) is 2. The lowest BCUT2D eigenvalue weighted by atomic mass is 10.1. The van der Waals surface area contributed by atoms with Gasteiger partial charge in [-0.1, -0.05) is 23.7 Å². The fraction of sp³-hybridized carbons (Fsp3) is 0.158. The van der Waals surface area contributed by atoms with Gasteiger partial charge in [0, 0.05) is 18.7 Å². The van der Waals surface area contributed by atoms with Crippen LogP contribution in [0.4, 0.5) is 19.1 Å². The van der Waals surface area contributed by atoms with E-state index in [9.17, 15) is 13.2 Å². The maximum atomic E-state index is 12.9. The Kier molecular flexibility index (Phi) is 6.40. The molecule has 0 spiro atoms. The molecule has 0 amide bonds. The Hall–Kier alpha value is -3.04. The lowest BCUT2D eigenvalue weighted by molar-refractivity contribution is -0.137. The van der Waals surface area contributed by atoms with Gasteiger partial charge in [-0.25, -0.2) is 10.8 Å². The van der Waals surface area contributed by atoms with Gasteiger partial charge >= 0.3 is 6.18 Å². The van der Waals surface area contributed by atoms with Crippen molar-refractivity contribution in [3.8, 4) is 17.4 Å². The Morgan fingerprint density at radius 1 is 1.03 bits per heavy atom. The summed E-state index contributed by atoms with van der Waals surface area (Å²) in [6, 6.07) is 11.9. The zero-order valence-corrected chi connectivity index (χ0v) is 15.7. The van der Waals surface area contributed by atoms with Crippen LogP contribution in [-0.2, 0) is 12.6 Å². The first kappa shape index (κ1) is 20.7. The van der Waals surface area contributed by atoms with E-state index in [0.717, 1.165) is 17.7 Å². The molecular formula is C19H16ClF3N4O2. The summed E-state index contributed by atoms with van der Waals surface area (Å²) >= 11 is 5.61. The lowest BCUT2D eigenvalue weighted by Gasteiger charge is -2.12. The van der Waals surface area contributed by atoms with Crippen molar-refractivity contribution in [3.63, 3.8) is 0 Å². The molecule has 152 valence electrons. The Balaban J connectivity index is 1.57. The number of hydrazine groups is 1. The Morgan fingerprint density at radius 2 is 1.76 bits per heavy atom. The number of hydrogen-bond donors (Lipinski definition) is 2. The fourth-order valence-electron chi connectivity index (χ4n) is 2.41. The SMILES string of the molecule is NNc1nccc(OCCc2ccc(Oc3ccc(Cl)c(C(F)(F)F)c3)cc2)n1. The van der Waals surface area contributed by atoms with Crippen molar-refractivity contribution in [2.75, 3.05) is 12.0 Å². The second kappa shape index (κ2) is 8.97. The molecule has 3 rings (SSSR count). The number of ether oxygens (including phenoxy) is 2. The van der Waals surface area contributed by atoms with Crippen molar-refractivity contribution >= 4 is 17.5 Å². The Labute approximate surface area is 169 Å². The fourth-order valence-corrected chi connectivity index (χ4v) is 2.64. The van der Waals surface area contributed by atoms with Crippen LogP contribution in [0.3, 0.4) is 0 Å². The molecule has 3 N–H and O–H groups in total. The molecule has 0 bridgehead atoms. The Bertz CT molecular complexity index is 968. The number of nitrogen functional groups attached to an aromatic ring is 1. The van der Waals surface area contributed by atoms with E-state index >= 15 is 0 Å². The molecule has 10 heteroatoms. The van der Waals surface area contributed by atoms with Crippen LogP contribution in [0.1, 0.15) is 11.1 Å². The molecular weight excluding hydrogens is 409 g/mol. The molecule has 29 heavy (non-hydrogen) atoms. The normalized spacial score (nSPS) is 11.2. The topological polar surface area (TPSA) is 82.3 Å². The minimum Gasteiger partial charge on any atom is -0.477 e. The summed E-state index contributed by atoms with van der Waals surface area (Å²) in [7, 11) is 0. The lowest BCUT2D eigenvalue weighted by Crippen LogP contribution is -2.11. The molecule has 3 aromatic rings. The molecule has 0 fully saturated rings. The van der Waals surface area contributed by atoms with Gasteiger partial charge in [0.15, 0.2) is 0 Å². The van der Waals surface area contributed by atoms with Crippen LogP contribution < -0.4 is 20.7 Å². The van der Waals surface area contributed by atoms with Gasteiger partial charge in [0.1, 0.15) is 11.5 Å². The van der Waals surface area contributed by atoms with Gasteiger partial charge in [-0.15, -0.1) is 0 Å². The van der Waals surface area contributed by atoms with Gasteiger partial charge in [0.2, 0.25) is 11.8 Å². The van der Waals surface area contributed by atoms with Crippen LogP contribution in [0.25, 0.3) is 0 Å². The average molecular weight is 425 g/mol. The third-order valence-electron chi connectivity index (χ3n) is 3.80. The monoisotopic (exact) mass is 424 g/mol. The van der Waals surface area contributed by atoms with E-state index in [1.54, 1.807) is 30.3 Å². The molecule has 0 aliphatic heterocycles. The van der Waals surface area contributed by atoms with Crippen LogP contribution in [0.15, 0.2) is 54.7 Å². The number of nitrogens with one attached hydrogen (secondary N) is 1. The van der Waals surface area contributed by atoms with Crippen molar-refractivity contribution in [2.45, 2.75) is 12.6 Å². The van der Waals surface area contributed by atoms with E-state index in [1.807, 2.05) is 0 Å². The number of nitrogens with two attached hydrogens (primary N) is 1. The highest BCUT2D eigenvalue weighted by Crippen LogP contribution is 2.37. The number of alkyl halides is 3. The minimum atomic E-state index is -4.55. The average Bonchev–Trinajstić information content (AvgIpc) is 2.70. The summed E-state index contributed by atoms with van der Waals surface area (Å²) in [5, 5.41) is -0.377. The van der Waals surface area contributed by atoms with Crippen LogP contribution in [0.2, 0.25) is 5.02 Å². The predicted octanol–water partition coefficient (Wildman–Crippen LogP) is 4.85. The molecule has 0 saturated carbocycles. The van der Waals surface area contributed by atoms with Crippen molar-refractivity contribution in [3.05, 3.63) is 70.9 Å². The van der Waals surface area contributed by atoms with Crippen LogP contribution >= 0.6 is 11.6 Å². The third kappa shape index (κ3) is 5.72. The van der Waals surface area contributed by atoms with Gasteiger partial charge in [-0.05, 0) is 35.9 Å². The molecule has 0 aliphatic carbocycles. The standard InChI is InChI=1S/C19H16ClF3N4O2/c20-16-6-5-14(11-15(16)19(21,22)23)29-13-3-1-12(2-4-13)8-10-28-17-7-9-25-18(26-17)27-24/h1-7,9,11H,8,10,24H2,(H,25,26,27). The van der Waals surface area contributed by atoms with Crippen molar-refractivity contribution in [1.82, 2.24) is 9.97 Å². The second-order valence-corrected chi connectivity index (χ2v) is 6.25. The summed E-state index contributed by atoms with van der Waals surface area (Å²) in [4.78, 5) is 7.92. The molecule has 0 atom stereocenters. The van der Waals surface area contributed by atoms with E-state index in [1.165, 1.54) is 12.3 Å². The summed E-state index contributed by atoms with van der Waals surface area (Å²) in [6.07, 6.45) is -2.44. The first-order valence-corrected chi connectivity index (χ1v) is 8.79.